The second-order valence-corrected chi connectivity index (χ2v) is 16.1. The fourth-order valence-electron chi connectivity index (χ4n) is 6.27. The van der Waals surface area contributed by atoms with Gasteiger partial charge in [-0.3, -0.25) is 14.4 Å². The van der Waals surface area contributed by atoms with Crippen LogP contribution in [0.5, 0.6) is 0 Å². The summed E-state index contributed by atoms with van der Waals surface area (Å²) in [5, 5.41) is 0. The van der Waals surface area contributed by atoms with E-state index in [1.807, 2.05) is 48.6 Å². The number of ether oxygens (including phenoxy) is 3. The van der Waals surface area contributed by atoms with Gasteiger partial charge in [0, 0.05) is 19.3 Å². The van der Waals surface area contributed by atoms with Crippen molar-refractivity contribution in [2.45, 2.75) is 200 Å². The lowest BCUT2D eigenvalue weighted by molar-refractivity contribution is -0.167. The fourth-order valence-corrected chi connectivity index (χ4v) is 6.27. The molecule has 64 heavy (non-hydrogen) atoms. The minimum Gasteiger partial charge on any atom is -0.462 e. The van der Waals surface area contributed by atoms with Crippen molar-refractivity contribution in [3.05, 3.63) is 134 Å². The van der Waals surface area contributed by atoms with E-state index in [-0.39, 0.29) is 37.5 Å². The second-order valence-electron chi connectivity index (χ2n) is 16.1. The number of carbonyl (C=O) groups excluding carboxylic acids is 3. The summed E-state index contributed by atoms with van der Waals surface area (Å²) in [6.07, 6.45) is 71.4. The van der Waals surface area contributed by atoms with Gasteiger partial charge in [-0.25, -0.2) is 0 Å². The van der Waals surface area contributed by atoms with Crippen molar-refractivity contribution in [1.29, 1.82) is 0 Å². The van der Waals surface area contributed by atoms with Crippen LogP contribution >= 0.6 is 0 Å². The van der Waals surface area contributed by atoms with Gasteiger partial charge in [-0.15, -0.1) is 0 Å². The Morgan fingerprint density at radius 3 is 1.17 bits per heavy atom. The molecular formula is C58H90O6. The molecule has 0 spiro atoms. The third-order valence-corrected chi connectivity index (χ3v) is 10.0. The predicted molar refractivity (Wildman–Crippen MR) is 274 cm³/mol. The van der Waals surface area contributed by atoms with Crippen molar-refractivity contribution in [2.75, 3.05) is 13.2 Å². The van der Waals surface area contributed by atoms with E-state index >= 15 is 0 Å². The Labute approximate surface area is 392 Å². The van der Waals surface area contributed by atoms with Crippen LogP contribution in [0.2, 0.25) is 0 Å². The lowest BCUT2D eigenvalue weighted by atomic mass is 10.1. The smallest absolute Gasteiger partial charge is 0.306 e. The number of rotatable bonds is 43. The zero-order chi connectivity index (χ0) is 46.5. The minimum atomic E-state index is -0.823. The van der Waals surface area contributed by atoms with E-state index in [1.165, 1.54) is 32.1 Å². The molecule has 0 N–H and O–H groups in total. The van der Waals surface area contributed by atoms with E-state index in [0.717, 1.165) is 116 Å². The molecule has 6 nitrogen and oxygen atoms in total. The molecule has 0 saturated heterocycles. The Hall–Kier alpha value is -4.45. The topological polar surface area (TPSA) is 78.9 Å². The monoisotopic (exact) mass is 883 g/mol. The number of hydrogen-bond donors (Lipinski definition) is 0. The van der Waals surface area contributed by atoms with E-state index in [0.29, 0.717) is 19.3 Å². The van der Waals surface area contributed by atoms with Crippen LogP contribution in [-0.4, -0.2) is 37.2 Å². The summed E-state index contributed by atoms with van der Waals surface area (Å²) in [6, 6.07) is 0. The van der Waals surface area contributed by atoms with Gasteiger partial charge in [0.05, 0.1) is 0 Å². The number of carbonyl (C=O) groups is 3. The van der Waals surface area contributed by atoms with Crippen LogP contribution in [-0.2, 0) is 28.6 Å². The first-order valence-corrected chi connectivity index (χ1v) is 25.3. The molecule has 0 aromatic rings. The normalized spacial score (nSPS) is 13.2. The highest BCUT2D eigenvalue weighted by Gasteiger charge is 2.19. The fraction of sp³-hybridized carbons (Fsp3) is 0.569. The van der Waals surface area contributed by atoms with Crippen LogP contribution in [0, 0.1) is 0 Å². The highest BCUT2D eigenvalue weighted by Crippen LogP contribution is 2.12. The van der Waals surface area contributed by atoms with Crippen molar-refractivity contribution in [1.82, 2.24) is 0 Å². The van der Waals surface area contributed by atoms with Gasteiger partial charge in [0.25, 0.3) is 0 Å². The van der Waals surface area contributed by atoms with E-state index in [9.17, 15) is 14.4 Å². The van der Waals surface area contributed by atoms with Crippen LogP contribution in [0.25, 0.3) is 0 Å². The van der Waals surface area contributed by atoms with Gasteiger partial charge in [0.2, 0.25) is 0 Å². The van der Waals surface area contributed by atoms with Gasteiger partial charge in [-0.05, 0) is 103 Å². The molecule has 0 aliphatic heterocycles. The Balaban J connectivity index is 4.58. The van der Waals surface area contributed by atoms with Crippen molar-refractivity contribution in [3.63, 3.8) is 0 Å². The van der Waals surface area contributed by atoms with Gasteiger partial charge in [0.1, 0.15) is 13.2 Å². The molecule has 0 radical (unpaired) electrons. The predicted octanol–water partition coefficient (Wildman–Crippen LogP) is 16.7. The molecule has 0 fully saturated rings. The van der Waals surface area contributed by atoms with E-state index in [2.05, 4.69) is 106 Å². The molecule has 6 heteroatoms. The summed E-state index contributed by atoms with van der Waals surface area (Å²) in [6.45, 7) is 6.25. The van der Waals surface area contributed by atoms with E-state index in [4.69, 9.17) is 14.2 Å². The summed E-state index contributed by atoms with van der Waals surface area (Å²) >= 11 is 0. The number of allylic oxidation sites excluding steroid dienone is 22. The molecule has 0 heterocycles. The first kappa shape index (κ1) is 59.5. The maximum Gasteiger partial charge on any atom is 0.306 e. The van der Waals surface area contributed by atoms with Gasteiger partial charge in [0.15, 0.2) is 6.10 Å². The van der Waals surface area contributed by atoms with Crippen LogP contribution in [0.1, 0.15) is 194 Å². The molecular weight excluding hydrogens is 793 g/mol. The summed E-state index contributed by atoms with van der Waals surface area (Å²) in [7, 11) is 0. The molecule has 0 saturated carbocycles. The molecule has 0 aliphatic carbocycles. The number of unbranched alkanes of at least 4 members (excludes halogenated alkanes) is 15. The first-order valence-electron chi connectivity index (χ1n) is 25.3. The van der Waals surface area contributed by atoms with Crippen LogP contribution in [0.15, 0.2) is 134 Å². The SMILES string of the molecule is CC\C=C/C=C\C=C/C=C\C=C/CCCCCC(=O)OC(COC(=O)CCCCC/C=C\C/C=C\C/C=C\C/C=C\CC)COC(=O)CCCCCCCC/C=C\C=C/CCCCC. The van der Waals surface area contributed by atoms with Crippen LogP contribution in [0.4, 0.5) is 0 Å². The Kier molecular flexibility index (Phi) is 47.6. The first-order chi connectivity index (χ1) is 31.5. The standard InChI is InChI=1S/C58H90O6/c1-4-7-10-13-16-19-22-25-28-31-33-36-39-42-45-48-51-57(60)63-54-55(64-58(61)52-49-46-43-40-37-34-30-27-24-21-18-15-12-9-6-3)53-62-56(59)50-47-44-41-38-35-32-29-26-23-20-17-14-11-8-5-2/h7,9-10,12,15-21,23-28,30,33-34,36-37,55H,4-6,8,11,13-14,22,29,31-32,35,38-54H2,1-3H3/b10-7-,12-9-,18-15-,19-16-,20-17-,24-21-,26-23-,28-25-,30-27-,36-33-,37-34-. The molecule has 0 aromatic heterocycles. The summed E-state index contributed by atoms with van der Waals surface area (Å²) in [5.74, 6) is -1.01. The zero-order valence-corrected chi connectivity index (χ0v) is 40.7. The quantitative estimate of drug-likeness (QED) is 0.0200. The molecule has 0 bridgehead atoms. The Morgan fingerprint density at radius 1 is 0.344 bits per heavy atom. The Bertz CT molecular complexity index is 1430. The molecule has 0 amide bonds. The second kappa shape index (κ2) is 51.2. The van der Waals surface area contributed by atoms with Gasteiger partial charge in [-0.1, -0.05) is 206 Å². The molecule has 0 aliphatic rings. The molecule has 0 aromatic carbocycles. The average molecular weight is 883 g/mol. The third-order valence-electron chi connectivity index (χ3n) is 10.0. The van der Waals surface area contributed by atoms with Gasteiger partial charge >= 0.3 is 17.9 Å². The zero-order valence-electron chi connectivity index (χ0n) is 40.7. The van der Waals surface area contributed by atoms with Crippen molar-refractivity contribution < 1.29 is 28.6 Å². The lowest BCUT2D eigenvalue weighted by Crippen LogP contribution is -2.30. The number of hydrogen-bond acceptors (Lipinski definition) is 6. The minimum absolute atomic E-state index is 0.117. The summed E-state index contributed by atoms with van der Waals surface area (Å²) < 4.78 is 16.7. The maximum atomic E-state index is 12.8. The third kappa shape index (κ3) is 48.6. The highest BCUT2D eigenvalue weighted by atomic mass is 16.6. The van der Waals surface area contributed by atoms with Crippen molar-refractivity contribution >= 4 is 17.9 Å². The maximum absolute atomic E-state index is 12.8. The molecule has 358 valence electrons. The van der Waals surface area contributed by atoms with Crippen LogP contribution < -0.4 is 0 Å². The molecule has 1 atom stereocenters. The Morgan fingerprint density at radius 2 is 0.688 bits per heavy atom. The van der Waals surface area contributed by atoms with E-state index < -0.39 is 6.10 Å². The molecule has 1 unspecified atom stereocenters. The van der Waals surface area contributed by atoms with Gasteiger partial charge < -0.3 is 14.2 Å². The summed E-state index contributed by atoms with van der Waals surface area (Å²) in [5.41, 5.74) is 0. The van der Waals surface area contributed by atoms with Crippen molar-refractivity contribution in [3.8, 4) is 0 Å². The van der Waals surface area contributed by atoms with Gasteiger partial charge in [-0.2, -0.15) is 0 Å². The lowest BCUT2D eigenvalue weighted by Gasteiger charge is -2.18. The summed E-state index contributed by atoms with van der Waals surface area (Å²) in [4.78, 5) is 38.0. The molecule has 0 rings (SSSR count). The van der Waals surface area contributed by atoms with E-state index in [1.54, 1.807) is 0 Å². The highest BCUT2D eigenvalue weighted by molar-refractivity contribution is 5.71. The largest absolute Gasteiger partial charge is 0.462 e. The average Bonchev–Trinajstić information content (AvgIpc) is 3.29. The van der Waals surface area contributed by atoms with Crippen LogP contribution in [0.3, 0.4) is 0 Å². The van der Waals surface area contributed by atoms with Crippen molar-refractivity contribution in [2.24, 2.45) is 0 Å². The number of esters is 3.